The molecule has 0 aliphatic carbocycles. The van der Waals surface area contributed by atoms with Crippen LogP contribution in [0.5, 0.6) is 17.2 Å². The molecule has 2 aromatic rings. The average molecular weight is 407 g/mol. The summed E-state index contributed by atoms with van der Waals surface area (Å²) >= 11 is 0. The number of nitrogens with zero attached hydrogens (tertiary/aromatic N) is 3. The van der Waals surface area contributed by atoms with Crippen molar-refractivity contribution in [1.82, 2.24) is 9.91 Å². The molecule has 1 fully saturated rings. The number of carbonyl (C=O) groups excluding carboxylic acids is 1. The summed E-state index contributed by atoms with van der Waals surface area (Å²) in [6, 6.07) is 13.2. The number of aromatic hydroxyl groups is 1. The molecule has 1 N–H and O–H groups in total. The van der Waals surface area contributed by atoms with Gasteiger partial charge in [0.05, 0.1) is 18.9 Å². The van der Waals surface area contributed by atoms with Gasteiger partial charge in [-0.1, -0.05) is 24.3 Å². The van der Waals surface area contributed by atoms with Crippen LogP contribution >= 0.6 is 0 Å². The Labute approximate surface area is 175 Å². The molecule has 1 amide bonds. The second-order valence-corrected chi connectivity index (χ2v) is 8.06. The van der Waals surface area contributed by atoms with Crippen LogP contribution in [-0.4, -0.2) is 52.6 Å². The minimum absolute atomic E-state index is 0.0117. The maximum absolute atomic E-state index is 11.9. The molecule has 3 aliphatic rings. The van der Waals surface area contributed by atoms with Gasteiger partial charge >= 0.3 is 0 Å². The van der Waals surface area contributed by atoms with Gasteiger partial charge in [0.25, 0.3) is 0 Å². The van der Waals surface area contributed by atoms with E-state index in [9.17, 15) is 9.90 Å². The predicted molar refractivity (Wildman–Crippen MR) is 112 cm³/mol. The van der Waals surface area contributed by atoms with Crippen LogP contribution < -0.4 is 9.47 Å². The molecule has 156 valence electrons. The topological polar surface area (TPSA) is 74.6 Å². The Morgan fingerprint density at radius 3 is 2.67 bits per heavy atom. The predicted octanol–water partition coefficient (Wildman–Crippen LogP) is 3.28. The number of hydrogen-bond donors (Lipinski definition) is 1. The van der Waals surface area contributed by atoms with Crippen LogP contribution in [0.25, 0.3) is 0 Å². The van der Waals surface area contributed by atoms with Crippen molar-refractivity contribution in [1.29, 1.82) is 0 Å². The summed E-state index contributed by atoms with van der Waals surface area (Å²) in [5.74, 6) is 1.76. The van der Waals surface area contributed by atoms with Crippen molar-refractivity contribution in [3.05, 3.63) is 53.6 Å². The summed E-state index contributed by atoms with van der Waals surface area (Å²) in [6.45, 7) is 2.83. The van der Waals surface area contributed by atoms with E-state index in [0.29, 0.717) is 38.1 Å². The van der Waals surface area contributed by atoms with Crippen LogP contribution in [0, 0.1) is 0 Å². The first-order valence-electron chi connectivity index (χ1n) is 10.3. The summed E-state index contributed by atoms with van der Waals surface area (Å²) in [6.07, 6.45) is 1.97. The van der Waals surface area contributed by atoms with Gasteiger partial charge in [-0.15, -0.1) is 0 Å². The Balaban J connectivity index is 1.59. The Hall–Kier alpha value is -3.22. The van der Waals surface area contributed by atoms with E-state index in [1.54, 1.807) is 20.1 Å². The molecule has 3 aliphatic heterocycles. The Kier molecular flexibility index (Phi) is 4.34. The summed E-state index contributed by atoms with van der Waals surface area (Å²) in [7, 11) is 1.65. The zero-order valence-corrected chi connectivity index (χ0v) is 17.2. The fraction of sp³-hybridized carbons (Fsp3) is 0.391. The third kappa shape index (κ3) is 2.80. The van der Waals surface area contributed by atoms with Gasteiger partial charge in [-0.25, -0.2) is 5.01 Å². The van der Waals surface area contributed by atoms with Gasteiger partial charge in [-0.05, 0) is 18.2 Å². The molecule has 0 unspecified atom stereocenters. The van der Waals surface area contributed by atoms with Gasteiger partial charge < -0.3 is 19.5 Å². The zero-order valence-electron chi connectivity index (χ0n) is 17.2. The summed E-state index contributed by atoms with van der Waals surface area (Å²) in [4.78, 5) is 13.7. The highest BCUT2D eigenvalue weighted by Gasteiger charge is 2.52. The first-order valence-corrected chi connectivity index (χ1v) is 10.3. The average Bonchev–Trinajstić information content (AvgIpc) is 3.21. The second kappa shape index (κ2) is 6.93. The van der Waals surface area contributed by atoms with Gasteiger partial charge in [-0.3, -0.25) is 4.79 Å². The summed E-state index contributed by atoms with van der Waals surface area (Å²) in [5.41, 5.74) is 1.96. The number of phenolic OH excluding ortho intramolecular Hbond substituents is 1. The Morgan fingerprint density at radius 1 is 1.20 bits per heavy atom. The summed E-state index contributed by atoms with van der Waals surface area (Å²) < 4.78 is 12.2. The molecule has 3 heterocycles. The highest BCUT2D eigenvalue weighted by Crippen LogP contribution is 2.52. The Bertz CT molecular complexity index is 1030. The molecule has 0 bridgehead atoms. The zero-order chi connectivity index (χ0) is 20.9. The van der Waals surface area contributed by atoms with E-state index in [-0.39, 0.29) is 17.7 Å². The highest BCUT2D eigenvalue weighted by atomic mass is 16.5. The quantitative estimate of drug-likeness (QED) is 0.827. The van der Waals surface area contributed by atoms with Crippen molar-refractivity contribution >= 4 is 11.6 Å². The van der Waals surface area contributed by atoms with Gasteiger partial charge in [0.2, 0.25) is 11.6 Å². The van der Waals surface area contributed by atoms with Crippen LogP contribution in [0.3, 0.4) is 0 Å². The minimum atomic E-state index is -0.648. The van der Waals surface area contributed by atoms with Gasteiger partial charge in [0, 0.05) is 50.4 Å². The van der Waals surface area contributed by atoms with E-state index in [0.717, 1.165) is 22.6 Å². The summed E-state index contributed by atoms with van der Waals surface area (Å²) in [5, 5.41) is 17.4. The van der Waals surface area contributed by atoms with Crippen molar-refractivity contribution in [3.63, 3.8) is 0 Å². The highest BCUT2D eigenvalue weighted by molar-refractivity contribution is 6.04. The molecule has 0 saturated carbocycles. The van der Waals surface area contributed by atoms with E-state index in [4.69, 9.17) is 14.6 Å². The maximum atomic E-state index is 11.9. The lowest BCUT2D eigenvalue weighted by Crippen LogP contribution is -2.59. The number of benzene rings is 2. The van der Waals surface area contributed by atoms with Gasteiger partial charge in [0.15, 0.2) is 11.5 Å². The number of hydrogen-bond acceptors (Lipinski definition) is 6. The van der Waals surface area contributed by atoms with Crippen LogP contribution in [0.15, 0.2) is 47.6 Å². The van der Waals surface area contributed by atoms with E-state index in [1.165, 1.54) is 0 Å². The number of likely N-dealkylation sites (tertiary alicyclic amines) is 1. The van der Waals surface area contributed by atoms with Crippen molar-refractivity contribution in [2.45, 2.75) is 38.0 Å². The fourth-order valence-corrected chi connectivity index (χ4v) is 4.81. The standard InChI is InChI=1S/C23H25N3O4/c1-15(27)25-12-10-23(11-13-25)26-19(17-7-5-9-21(29-2)22(17)30-23)14-18(24-26)16-6-3-4-8-20(16)28/h3-9,19,28H,10-14H2,1-2H3/t19-/m1/s1. The van der Waals surface area contributed by atoms with Crippen molar-refractivity contribution in [3.8, 4) is 17.2 Å². The number of fused-ring (bicyclic) bond motifs is 4. The largest absolute Gasteiger partial charge is 0.507 e. The normalized spacial score (nSPS) is 21.5. The number of para-hydroxylation sites is 2. The molecule has 1 spiro atoms. The first-order chi connectivity index (χ1) is 14.5. The van der Waals surface area contributed by atoms with Crippen LogP contribution in [-0.2, 0) is 4.79 Å². The second-order valence-electron chi connectivity index (χ2n) is 8.06. The molecule has 1 atom stereocenters. The molecule has 1 saturated heterocycles. The number of amides is 1. The smallest absolute Gasteiger partial charge is 0.219 e. The van der Waals surface area contributed by atoms with Crippen molar-refractivity contribution in [2.75, 3.05) is 20.2 Å². The molecule has 2 aromatic carbocycles. The number of carbonyl (C=O) groups is 1. The number of piperidine rings is 1. The van der Waals surface area contributed by atoms with E-state index in [1.807, 2.05) is 35.2 Å². The van der Waals surface area contributed by atoms with Crippen LogP contribution in [0.1, 0.15) is 43.4 Å². The van der Waals surface area contributed by atoms with Gasteiger partial charge in [0.1, 0.15) is 5.75 Å². The molecule has 5 rings (SSSR count). The fourth-order valence-electron chi connectivity index (χ4n) is 4.81. The molecule has 7 heteroatoms. The third-order valence-electron chi connectivity index (χ3n) is 6.41. The maximum Gasteiger partial charge on any atom is 0.219 e. The van der Waals surface area contributed by atoms with E-state index in [2.05, 4.69) is 11.1 Å². The molecular weight excluding hydrogens is 382 g/mol. The van der Waals surface area contributed by atoms with Crippen LogP contribution in [0.4, 0.5) is 0 Å². The molecule has 30 heavy (non-hydrogen) atoms. The monoisotopic (exact) mass is 407 g/mol. The molecule has 0 aromatic heterocycles. The number of ether oxygens (including phenoxy) is 2. The minimum Gasteiger partial charge on any atom is -0.507 e. The molecule has 0 radical (unpaired) electrons. The van der Waals surface area contributed by atoms with Gasteiger partial charge in [-0.2, -0.15) is 5.10 Å². The van der Waals surface area contributed by atoms with Crippen molar-refractivity contribution in [2.24, 2.45) is 5.10 Å². The van der Waals surface area contributed by atoms with Crippen molar-refractivity contribution < 1.29 is 19.4 Å². The lowest BCUT2D eigenvalue weighted by molar-refractivity contribution is -0.159. The lowest BCUT2D eigenvalue weighted by Gasteiger charge is -2.51. The first kappa shape index (κ1) is 18.8. The Morgan fingerprint density at radius 2 is 1.97 bits per heavy atom. The lowest BCUT2D eigenvalue weighted by atomic mass is 9.90. The number of phenols is 1. The number of hydrazone groups is 1. The SMILES string of the molecule is COc1cccc2c1OC1(CCN(C(C)=O)CC1)N1N=C(c3ccccc3O)C[C@H]21. The van der Waals surface area contributed by atoms with E-state index >= 15 is 0 Å². The van der Waals surface area contributed by atoms with E-state index < -0.39 is 5.72 Å². The number of methoxy groups -OCH3 is 1. The third-order valence-corrected chi connectivity index (χ3v) is 6.41. The van der Waals surface area contributed by atoms with Crippen LogP contribution in [0.2, 0.25) is 0 Å². The number of rotatable bonds is 2. The molecule has 7 nitrogen and oxygen atoms in total. The molecular formula is C23H25N3O4.